The third-order valence-electron chi connectivity index (χ3n) is 2.28. The number of carbonyl (C=O) groups is 1. The summed E-state index contributed by atoms with van der Waals surface area (Å²) in [6.45, 7) is 0. The lowest BCUT2D eigenvalue weighted by Gasteiger charge is -2.17. The van der Waals surface area contributed by atoms with E-state index in [2.05, 4.69) is 0 Å². The molecule has 1 rings (SSSR count). The zero-order chi connectivity index (χ0) is 13.9. The van der Waals surface area contributed by atoms with Gasteiger partial charge in [-0.05, 0) is 12.1 Å². The van der Waals surface area contributed by atoms with E-state index < -0.39 is 36.2 Å². The molecule has 18 heavy (non-hydrogen) atoms. The van der Waals surface area contributed by atoms with Crippen molar-refractivity contribution >= 4 is 5.97 Å². The van der Waals surface area contributed by atoms with Crippen LogP contribution in [0.2, 0.25) is 0 Å². The topological polar surface area (TPSA) is 102 Å². The van der Waals surface area contributed by atoms with Crippen LogP contribution in [0.3, 0.4) is 0 Å². The second kappa shape index (κ2) is 5.53. The number of nitrogens with zero attached hydrogens (tertiary/aromatic N) is 1. The van der Waals surface area contributed by atoms with Crippen LogP contribution in [0, 0.1) is 23.0 Å². The highest BCUT2D eigenvalue weighted by molar-refractivity contribution is 5.67. The Morgan fingerprint density at radius 2 is 1.89 bits per heavy atom. The van der Waals surface area contributed by atoms with E-state index in [1.165, 1.54) is 6.07 Å². The molecule has 0 aromatic heterocycles. The number of hydrogen-bond donors (Lipinski definition) is 3. The van der Waals surface area contributed by atoms with E-state index >= 15 is 0 Å². The summed E-state index contributed by atoms with van der Waals surface area (Å²) in [6, 6.07) is 2.66. The van der Waals surface area contributed by atoms with Crippen LogP contribution in [0.25, 0.3) is 0 Å². The van der Waals surface area contributed by atoms with E-state index in [9.17, 15) is 23.8 Å². The summed E-state index contributed by atoms with van der Waals surface area (Å²) in [5.74, 6) is -3.94. The van der Waals surface area contributed by atoms with Gasteiger partial charge < -0.3 is 15.3 Å². The molecule has 0 spiro atoms. The zero-order valence-corrected chi connectivity index (χ0v) is 8.97. The second-order valence-electron chi connectivity index (χ2n) is 3.58. The average molecular weight is 257 g/mol. The predicted molar refractivity (Wildman–Crippen MR) is 54.3 cm³/mol. The lowest BCUT2D eigenvalue weighted by molar-refractivity contribution is -0.141. The van der Waals surface area contributed by atoms with Crippen molar-refractivity contribution in [3.8, 4) is 6.07 Å². The Bertz CT molecular complexity index is 513. The van der Waals surface area contributed by atoms with Gasteiger partial charge in [0.2, 0.25) is 0 Å². The molecule has 0 saturated heterocycles. The molecule has 2 atom stereocenters. The van der Waals surface area contributed by atoms with Crippen molar-refractivity contribution in [2.75, 3.05) is 0 Å². The maximum atomic E-state index is 13.0. The smallest absolute Gasteiger partial charge is 0.306 e. The van der Waals surface area contributed by atoms with Gasteiger partial charge >= 0.3 is 5.97 Å². The molecule has 0 heterocycles. The largest absolute Gasteiger partial charge is 0.481 e. The van der Waals surface area contributed by atoms with Gasteiger partial charge in [0.05, 0.1) is 24.2 Å². The van der Waals surface area contributed by atoms with Crippen molar-refractivity contribution in [3.05, 3.63) is 34.9 Å². The van der Waals surface area contributed by atoms with Gasteiger partial charge in [-0.2, -0.15) is 5.26 Å². The molecule has 0 saturated carbocycles. The first-order valence-corrected chi connectivity index (χ1v) is 4.83. The van der Waals surface area contributed by atoms with Crippen LogP contribution in [0.15, 0.2) is 12.1 Å². The molecule has 0 bridgehead atoms. The Hall–Kier alpha value is -2.04. The number of aliphatic hydroxyl groups excluding tert-OH is 2. The highest BCUT2D eigenvalue weighted by Gasteiger charge is 2.25. The molecule has 96 valence electrons. The molecule has 0 aliphatic rings. The number of carboxylic acid groups (broad SMARTS) is 1. The van der Waals surface area contributed by atoms with Crippen LogP contribution < -0.4 is 0 Å². The van der Waals surface area contributed by atoms with Gasteiger partial charge in [0.1, 0.15) is 6.10 Å². The average Bonchev–Trinajstić information content (AvgIpc) is 2.30. The summed E-state index contributed by atoms with van der Waals surface area (Å²) in [6.07, 6.45) is -4.30. The standard InChI is InChI=1S/C11H9F2NO4/c12-7-1-5(4-14)6(2-8(7)13)11(18)9(15)3-10(16)17/h1-2,9,11,15,18H,3H2,(H,16,17). The molecule has 7 heteroatoms. The number of carboxylic acids is 1. The number of aliphatic carboxylic acids is 1. The fourth-order valence-corrected chi connectivity index (χ4v) is 1.40. The Morgan fingerprint density at radius 3 is 2.39 bits per heavy atom. The van der Waals surface area contributed by atoms with E-state index in [1.807, 2.05) is 0 Å². The highest BCUT2D eigenvalue weighted by atomic mass is 19.2. The van der Waals surface area contributed by atoms with Crippen molar-refractivity contribution in [2.45, 2.75) is 18.6 Å². The lowest BCUT2D eigenvalue weighted by atomic mass is 9.97. The van der Waals surface area contributed by atoms with Gasteiger partial charge in [-0.25, -0.2) is 8.78 Å². The van der Waals surface area contributed by atoms with Gasteiger partial charge in [0.15, 0.2) is 11.6 Å². The molecule has 0 aliphatic carbocycles. The van der Waals surface area contributed by atoms with Gasteiger partial charge in [0.25, 0.3) is 0 Å². The quantitative estimate of drug-likeness (QED) is 0.737. The molecule has 2 unspecified atom stereocenters. The second-order valence-corrected chi connectivity index (χ2v) is 3.58. The number of nitriles is 1. The predicted octanol–water partition coefficient (Wildman–Crippen LogP) is 0.705. The highest BCUT2D eigenvalue weighted by Crippen LogP contribution is 2.24. The fraction of sp³-hybridized carbons (Fsp3) is 0.273. The number of hydrogen-bond acceptors (Lipinski definition) is 4. The first-order valence-electron chi connectivity index (χ1n) is 4.83. The third-order valence-corrected chi connectivity index (χ3v) is 2.28. The summed E-state index contributed by atoms with van der Waals surface area (Å²) >= 11 is 0. The zero-order valence-electron chi connectivity index (χ0n) is 8.97. The first kappa shape index (κ1) is 14.0. The molecule has 0 aliphatic heterocycles. The Morgan fingerprint density at radius 1 is 1.33 bits per heavy atom. The minimum atomic E-state index is -1.79. The monoisotopic (exact) mass is 257 g/mol. The van der Waals surface area contributed by atoms with Gasteiger partial charge in [-0.3, -0.25) is 4.79 Å². The summed E-state index contributed by atoms with van der Waals surface area (Å²) in [5.41, 5.74) is -0.726. The van der Waals surface area contributed by atoms with Crippen LogP contribution in [0.1, 0.15) is 23.7 Å². The van der Waals surface area contributed by atoms with E-state index in [0.717, 1.165) is 0 Å². The SMILES string of the molecule is N#Cc1cc(F)c(F)cc1C(O)C(O)CC(=O)O. The molecule has 5 nitrogen and oxygen atoms in total. The molecule has 0 amide bonds. The Labute approximate surface area is 101 Å². The third kappa shape index (κ3) is 3.00. The first-order chi connectivity index (χ1) is 8.36. The molecule has 0 fully saturated rings. The summed E-state index contributed by atoms with van der Waals surface area (Å²) in [7, 11) is 0. The van der Waals surface area contributed by atoms with E-state index in [4.69, 9.17) is 10.4 Å². The van der Waals surface area contributed by atoms with Crippen molar-refractivity contribution in [1.29, 1.82) is 5.26 Å². The molecule has 1 aromatic carbocycles. The van der Waals surface area contributed by atoms with E-state index in [-0.39, 0.29) is 11.1 Å². The lowest BCUT2D eigenvalue weighted by Crippen LogP contribution is -2.22. The van der Waals surface area contributed by atoms with Crippen LogP contribution in [-0.2, 0) is 4.79 Å². The summed E-state index contributed by atoms with van der Waals surface area (Å²) < 4.78 is 25.8. The number of halogens is 2. The van der Waals surface area contributed by atoms with Crippen LogP contribution in [-0.4, -0.2) is 27.4 Å². The van der Waals surface area contributed by atoms with E-state index in [1.54, 1.807) is 0 Å². The van der Waals surface area contributed by atoms with Gasteiger partial charge in [-0.15, -0.1) is 0 Å². The van der Waals surface area contributed by atoms with Crippen LogP contribution in [0.4, 0.5) is 8.78 Å². The van der Waals surface area contributed by atoms with E-state index in [0.29, 0.717) is 12.1 Å². The molecule has 1 aromatic rings. The van der Waals surface area contributed by atoms with Crippen molar-refractivity contribution in [1.82, 2.24) is 0 Å². The molecule has 0 radical (unpaired) electrons. The van der Waals surface area contributed by atoms with Crippen molar-refractivity contribution in [2.24, 2.45) is 0 Å². The van der Waals surface area contributed by atoms with Gasteiger partial charge in [0, 0.05) is 5.56 Å². The van der Waals surface area contributed by atoms with Crippen LogP contribution >= 0.6 is 0 Å². The van der Waals surface area contributed by atoms with Crippen molar-refractivity contribution < 1.29 is 28.9 Å². The summed E-state index contributed by atoms with van der Waals surface area (Å²) in [4.78, 5) is 10.4. The van der Waals surface area contributed by atoms with Crippen LogP contribution in [0.5, 0.6) is 0 Å². The number of aliphatic hydroxyl groups is 2. The summed E-state index contributed by atoms with van der Waals surface area (Å²) in [5, 5.41) is 36.1. The normalized spacial score (nSPS) is 13.7. The van der Waals surface area contributed by atoms with Crippen molar-refractivity contribution in [3.63, 3.8) is 0 Å². The minimum absolute atomic E-state index is 0.356. The fourth-order valence-electron chi connectivity index (χ4n) is 1.40. The molecular weight excluding hydrogens is 248 g/mol. The molecule has 3 N–H and O–H groups in total. The minimum Gasteiger partial charge on any atom is -0.481 e. The Balaban J connectivity index is 3.12. The number of benzene rings is 1. The molecular formula is C11H9F2NO4. The number of rotatable bonds is 4. The Kier molecular flexibility index (Phi) is 4.31. The maximum absolute atomic E-state index is 13.0. The maximum Gasteiger partial charge on any atom is 0.306 e. The van der Waals surface area contributed by atoms with Gasteiger partial charge in [-0.1, -0.05) is 0 Å².